The molecule has 1 aromatic heterocycles. The van der Waals surface area contributed by atoms with Gasteiger partial charge in [0.1, 0.15) is 5.60 Å². The van der Waals surface area contributed by atoms with Gasteiger partial charge in [-0.05, 0) is 32.4 Å². The first-order chi connectivity index (χ1) is 8.85. The van der Waals surface area contributed by atoms with Crippen LogP contribution in [-0.2, 0) is 11.8 Å². The molecule has 108 valence electrons. The number of rotatable bonds is 2. The second-order valence-electron chi connectivity index (χ2n) is 4.85. The molecular formula is C12H17F3N2OS. The molecule has 19 heavy (non-hydrogen) atoms. The van der Waals surface area contributed by atoms with Crippen molar-refractivity contribution < 1.29 is 18.3 Å². The van der Waals surface area contributed by atoms with Gasteiger partial charge in [0.05, 0.1) is 4.88 Å². The van der Waals surface area contributed by atoms with Crippen LogP contribution in [0.25, 0.3) is 0 Å². The van der Waals surface area contributed by atoms with Gasteiger partial charge in [-0.3, -0.25) is 0 Å². The number of thiazole rings is 1. The minimum absolute atomic E-state index is 0.331. The summed E-state index contributed by atoms with van der Waals surface area (Å²) in [5.41, 5.74) is -1.16. The third kappa shape index (κ3) is 3.27. The number of alkyl halides is 3. The van der Waals surface area contributed by atoms with Crippen molar-refractivity contribution in [3.8, 4) is 0 Å². The van der Waals surface area contributed by atoms with E-state index in [9.17, 15) is 18.3 Å². The molecule has 1 unspecified atom stereocenters. The molecule has 7 heteroatoms. The van der Waals surface area contributed by atoms with Gasteiger partial charge in [0, 0.05) is 12.7 Å². The lowest BCUT2D eigenvalue weighted by Crippen LogP contribution is -2.28. The van der Waals surface area contributed by atoms with E-state index in [0.29, 0.717) is 35.6 Å². The number of hydrogen-bond acceptors (Lipinski definition) is 4. The molecule has 1 fully saturated rings. The summed E-state index contributed by atoms with van der Waals surface area (Å²) in [6, 6.07) is 0. The van der Waals surface area contributed by atoms with Gasteiger partial charge < -0.3 is 10.0 Å². The minimum Gasteiger partial charge on any atom is -0.384 e. The zero-order valence-corrected chi connectivity index (χ0v) is 11.5. The first kappa shape index (κ1) is 14.7. The molecule has 1 aromatic rings. The van der Waals surface area contributed by atoms with Crippen LogP contribution in [-0.4, -0.2) is 34.6 Å². The third-order valence-electron chi connectivity index (χ3n) is 3.56. The summed E-state index contributed by atoms with van der Waals surface area (Å²) in [6.45, 7) is 4.52. The molecule has 1 atom stereocenters. The summed E-state index contributed by atoms with van der Waals surface area (Å²) < 4.78 is 37.6. The Hall–Kier alpha value is -0.660. The molecule has 0 radical (unpaired) electrons. The summed E-state index contributed by atoms with van der Waals surface area (Å²) >= 11 is 0.559. The summed E-state index contributed by atoms with van der Waals surface area (Å²) in [6.07, 6.45) is -1.53. The molecule has 0 saturated carbocycles. The van der Waals surface area contributed by atoms with Gasteiger partial charge in [0.15, 0.2) is 5.01 Å². The third-order valence-corrected chi connectivity index (χ3v) is 4.80. The SMILES string of the molecule is CCN1CCCC(O)(c2cnc(C(F)(F)F)s2)CC1. The van der Waals surface area contributed by atoms with Crippen LogP contribution in [0.3, 0.4) is 0 Å². The van der Waals surface area contributed by atoms with Crippen LogP contribution in [0.1, 0.15) is 36.1 Å². The minimum atomic E-state index is -4.43. The van der Waals surface area contributed by atoms with Crippen molar-refractivity contribution in [1.29, 1.82) is 0 Å². The summed E-state index contributed by atoms with van der Waals surface area (Å²) in [5.74, 6) is 0. The average Bonchev–Trinajstić information content (AvgIpc) is 2.76. The molecule has 0 bridgehead atoms. The van der Waals surface area contributed by atoms with Crippen molar-refractivity contribution in [2.24, 2.45) is 0 Å². The highest BCUT2D eigenvalue weighted by Crippen LogP contribution is 2.40. The number of aromatic nitrogens is 1. The topological polar surface area (TPSA) is 36.4 Å². The van der Waals surface area contributed by atoms with Gasteiger partial charge in [0.25, 0.3) is 0 Å². The fourth-order valence-corrected chi connectivity index (χ4v) is 3.29. The summed E-state index contributed by atoms with van der Waals surface area (Å²) in [5, 5.41) is 9.71. The molecule has 0 amide bonds. The van der Waals surface area contributed by atoms with E-state index in [4.69, 9.17) is 0 Å². The number of nitrogens with zero attached hydrogens (tertiary/aromatic N) is 2. The van der Waals surface area contributed by atoms with Crippen molar-refractivity contribution in [2.45, 2.75) is 38.0 Å². The highest BCUT2D eigenvalue weighted by atomic mass is 32.1. The highest BCUT2D eigenvalue weighted by molar-refractivity contribution is 7.11. The molecular weight excluding hydrogens is 277 g/mol. The molecule has 1 saturated heterocycles. The fourth-order valence-electron chi connectivity index (χ4n) is 2.36. The Labute approximate surface area is 114 Å². The van der Waals surface area contributed by atoms with Gasteiger partial charge in [0.2, 0.25) is 0 Å². The number of likely N-dealkylation sites (tertiary alicyclic amines) is 1. The second kappa shape index (κ2) is 5.38. The Morgan fingerprint density at radius 1 is 1.42 bits per heavy atom. The fraction of sp³-hybridized carbons (Fsp3) is 0.750. The van der Waals surface area contributed by atoms with E-state index in [-0.39, 0.29) is 0 Å². The Balaban J connectivity index is 2.17. The highest BCUT2D eigenvalue weighted by Gasteiger charge is 2.39. The van der Waals surface area contributed by atoms with Crippen molar-refractivity contribution in [2.75, 3.05) is 19.6 Å². The number of hydrogen-bond donors (Lipinski definition) is 1. The maximum Gasteiger partial charge on any atom is 0.443 e. The van der Waals surface area contributed by atoms with Crippen LogP contribution in [0.2, 0.25) is 0 Å². The molecule has 1 aliphatic heterocycles. The van der Waals surface area contributed by atoms with Gasteiger partial charge in [-0.15, -0.1) is 11.3 Å². The summed E-state index contributed by atoms with van der Waals surface area (Å²) in [7, 11) is 0. The monoisotopic (exact) mass is 294 g/mol. The van der Waals surface area contributed by atoms with Crippen molar-refractivity contribution >= 4 is 11.3 Å². The van der Waals surface area contributed by atoms with E-state index in [1.165, 1.54) is 6.20 Å². The normalized spacial score (nSPS) is 26.4. The van der Waals surface area contributed by atoms with Gasteiger partial charge in [-0.25, -0.2) is 4.98 Å². The molecule has 3 nitrogen and oxygen atoms in total. The Kier molecular flexibility index (Phi) is 4.17. The van der Waals surface area contributed by atoms with E-state index < -0.39 is 16.8 Å². The molecule has 0 spiro atoms. The maximum absolute atomic E-state index is 12.5. The zero-order chi connectivity index (χ0) is 14.1. The molecule has 0 aliphatic carbocycles. The Morgan fingerprint density at radius 3 is 2.74 bits per heavy atom. The predicted molar refractivity (Wildman–Crippen MR) is 67.0 cm³/mol. The van der Waals surface area contributed by atoms with E-state index >= 15 is 0 Å². The van der Waals surface area contributed by atoms with Crippen LogP contribution < -0.4 is 0 Å². The smallest absolute Gasteiger partial charge is 0.384 e. The first-order valence-corrected chi connectivity index (χ1v) is 7.15. The van der Waals surface area contributed by atoms with Crippen LogP contribution in [0.15, 0.2) is 6.20 Å². The van der Waals surface area contributed by atoms with Crippen molar-refractivity contribution in [1.82, 2.24) is 9.88 Å². The zero-order valence-electron chi connectivity index (χ0n) is 10.7. The van der Waals surface area contributed by atoms with Crippen LogP contribution >= 0.6 is 11.3 Å². The standard InChI is InChI=1S/C12H17F3N2OS/c1-2-17-6-3-4-11(18,5-7-17)9-8-16-10(19-9)12(13,14)15/h8,18H,2-7H2,1H3. The van der Waals surface area contributed by atoms with E-state index in [0.717, 1.165) is 19.5 Å². The molecule has 2 rings (SSSR count). The lowest BCUT2D eigenvalue weighted by atomic mass is 9.94. The Morgan fingerprint density at radius 2 is 2.16 bits per heavy atom. The quantitative estimate of drug-likeness (QED) is 0.911. The lowest BCUT2D eigenvalue weighted by Gasteiger charge is -2.25. The van der Waals surface area contributed by atoms with Gasteiger partial charge >= 0.3 is 6.18 Å². The van der Waals surface area contributed by atoms with E-state index in [2.05, 4.69) is 9.88 Å². The van der Waals surface area contributed by atoms with E-state index in [1.807, 2.05) is 6.92 Å². The second-order valence-corrected chi connectivity index (χ2v) is 5.88. The Bertz CT molecular complexity index is 435. The molecule has 1 N–H and O–H groups in total. The average molecular weight is 294 g/mol. The van der Waals surface area contributed by atoms with Crippen LogP contribution in [0.4, 0.5) is 13.2 Å². The van der Waals surface area contributed by atoms with E-state index in [1.54, 1.807) is 0 Å². The molecule has 2 heterocycles. The summed E-state index contributed by atoms with van der Waals surface area (Å²) in [4.78, 5) is 5.93. The first-order valence-electron chi connectivity index (χ1n) is 6.33. The number of aliphatic hydroxyl groups is 1. The van der Waals surface area contributed by atoms with Crippen LogP contribution in [0, 0.1) is 0 Å². The molecule has 0 aromatic carbocycles. The largest absolute Gasteiger partial charge is 0.443 e. The van der Waals surface area contributed by atoms with Crippen molar-refractivity contribution in [3.05, 3.63) is 16.1 Å². The van der Waals surface area contributed by atoms with Gasteiger partial charge in [-0.2, -0.15) is 13.2 Å². The van der Waals surface area contributed by atoms with Crippen molar-refractivity contribution in [3.63, 3.8) is 0 Å². The maximum atomic E-state index is 12.5. The number of halogens is 3. The lowest BCUT2D eigenvalue weighted by molar-refractivity contribution is -0.137. The van der Waals surface area contributed by atoms with Crippen LogP contribution in [0.5, 0.6) is 0 Å². The van der Waals surface area contributed by atoms with Gasteiger partial charge in [-0.1, -0.05) is 6.92 Å². The predicted octanol–water partition coefficient (Wildman–Crippen LogP) is 2.86. The molecule has 1 aliphatic rings.